The fourth-order valence-electron chi connectivity index (χ4n) is 2.38. The van der Waals surface area contributed by atoms with E-state index in [1.807, 2.05) is 43.3 Å². The summed E-state index contributed by atoms with van der Waals surface area (Å²) in [5.74, 6) is 0.760. The molecule has 24 heavy (non-hydrogen) atoms. The third kappa shape index (κ3) is 3.60. The Morgan fingerprint density at radius 3 is 2.71 bits per heavy atom. The number of ether oxygens (including phenoxy) is 2. The number of hydrogen-bond acceptors (Lipinski definition) is 3. The van der Waals surface area contributed by atoms with Gasteiger partial charge in [-0.3, -0.25) is 0 Å². The third-order valence-electron chi connectivity index (χ3n) is 3.57. The summed E-state index contributed by atoms with van der Waals surface area (Å²) in [6.07, 6.45) is 0.915. The van der Waals surface area contributed by atoms with Crippen molar-refractivity contribution in [3.63, 3.8) is 0 Å². The van der Waals surface area contributed by atoms with Gasteiger partial charge in [0, 0.05) is 0 Å². The first-order chi connectivity index (χ1) is 11.7. The molecule has 0 radical (unpaired) electrons. The van der Waals surface area contributed by atoms with Crippen molar-refractivity contribution in [2.45, 2.75) is 13.3 Å². The Kier molecular flexibility index (Phi) is 5.16. The van der Waals surface area contributed by atoms with Crippen LogP contribution >= 0.6 is 15.9 Å². The molecule has 3 aromatic carbocycles. The van der Waals surface area contributed by atoms with Crippen LogP contribution in [0.4, 0.5) is 0 Å². The molecule has 0 heterocycles. The molecule has 0 aliphatic heterocycles. The van der Waals surface area contributed by atoms with Gasteiger partial charge in [0.1, 0.15) is 11.5 Å². The van der Waals surface area contributed by atoms with Gasteiger partial charge in [-0.05, 0) is 57.4 Å². The second-order valence-electron chi connectivity index (χ2n) is 5.36. The summed E-state index contributed by atoms with van der Waals surface area (Å²) >= 11 is 3.53. The van der Waals surface area contributed by atoms with Gasteiger partial charge in [-0.15, -0.1) is 0 Å². The Morgan fingerprint density at radius 1 is 1.04 bits per heavy atom. The van der Waals surface area contributed by atoms with Gasteiger partial charge in [-0.25, -0.2) is 4.79 Å². The number of hydrogen-bond donors (Lipinski definition) is 0. The molecule has 0 aliphatic rings. The van der Waals surface area contributed by atoms with Gasteiger partial charge >= 0.3 is 5.97 Å². The predicted molar refractivity (Wildman–Crippen MR) is 98.8 cm³/mol. The molecular formula is C20H17BrO3. The lowest BCUT2D eigenvalue weighted by atomic mass is 10.1. The summed E-state index contributed by atoms with van der Waals surface area (Å²) in [4.78, 5) is 12.4. The number of esters is 1. The van der Waals surface area contributed by atoms with Crippen molar-refractivity contribution in [2.75, 3.05) is 6.61 Å². The number of carbonyl (C=O) groups excluding carboxylic acids is 1. The van der Waals surface area contributed by atoms with Crippen LogP contribution in [0.5, 0.6) is 11.5 Å². The zero-order chi connectivity index (χ0) is 16.9. The third-order valence-corrected chi connectivity index (χ3v) is 4.39. The summed E-state index contributed by atoms with van der Waals surface area (Å²) in [7, 11) is 0. The number of benzene rings is 3. The van der Waals surface area contributed by atoms with Crippen LogP contribution in [0.1, 0.15) is 23.7 Å². The highest BCUT2D eigenvalue weighted by Gasteiger charge is 2.13. The van der Waals surface area contributed by atoms with Crippen molar-refractivity contribution in [1.82, 2.24) is 0 Å². The molecule has 0 amide bonds. The molecule has 0 N–H and O–H groups in total. The maximum absolute atomic E-state index is 12.4. The van der Waals surface area contributed by atoms with Gasteiger partial charge in [0.15, 0.2) is 0 Å². The van der Waals surface area contributed by atoms with E-state index in [0.29, 0.717) is 23.7 Å². The molecule has 0 saturated heterocycles. The highest BCUT2D eigenvalue weighted by Crippen LogP contribution is 2.33. The van der Waals surface area contributed by atoms with E-state index in [1.54, 1.807) is 24.3 Å². The summed E-state index contributed by atoms with van der Waals surface area (Å²) < 4.78 is 11.9. The topological polar surface area (TPSA) is 35.5 Å². The minimum absolute atomic E-state index is 0.409. The van der Waals surface area contributed by atoms with Crippen molar-refractivity contribution in [2.24, 2.45) is 0 Å². The lowest BCUT2D eigenvalue weighted by Crippen LogP contribution is -2.09. The quantitative estimate of drug-likeness (QED) is 0.423. The Bertz CT molecular complexity index is 874. The first kappa shape index (κ1) is 16.5. The number of halogens is 1. The van der Waals surface area contributed by atoms with Crippen molar-refractivity contribution in [3.8, 4) is 11.5 Å². The molecule has 0 bridgehead atoms. The largest absolute Gasteiger partial charge is 0.494 e. The Balaban J connectivity index is 1.83. The van der Waals surface area contributed by atoms with Gasteiger partial charge in [-0.2, -0.15) is 0 Å². The van der Waals surface area contributed by atoms with Crippen LogP contribution in [0.3, 0.4) is 0 Å². The van der Waals surface area contributed by atoms with Crippen LogP contribution in [-0.2, 0) is 0 Å². The van der Waals surface area contributed by atoms with E-state index < -0.39 is 5.97 Å². The van der Waals surface area contributed by atoms with Crippen molar-refractivity contribution in [1.29, 1.82) is 0 Å². The molecule has 0 saturated carbocycles. The van der Waals surface area contributed by atoms with Crippen molar-refractivity contribution < 1.29 is 14.3 Å². The maximum atomic E-state index is 12.4. The maximum Gasteiger partial charge on any atom is 0.343 e. The summed E-state index contributed by atoms with van der Waals surface area (Å²) in [6, 6.07) is 18.7. The molecule has 4 heteroatoms. The minimum Gasteiger partial charge on any atom is -0.494 e. The number of rotatable bonds is 5. The molecule has 3 nitrogen and oxygen atoms in total. The summed E-state index contributed by atoms with van der Waals surface area (Å²) in [5, 5.41) is 2.09. The van der Waals surface area contributed by atoms with Crippen LogP contribution < -0.4 is 9.47 Å². The first-order valence-corrected chi connectivity index (χ1v) is 8.60. The van der Waals surface area contributed by atoms with E-state index in [9.17, 15) is 4.79 Å². The monoisotopic (exact) mass is 384 g/mol. The Labute approximate surface area is 149 Å². The average molecular weight is 385 g/mol. The van der Waals surface area contributed by atoms with Crippen LogP contribution in [0.25, 0.3) is 10.8 Å². The molecule has 122 valence electrons. The summed E-state index contributed by atoms with van der Waals surface area (Å²) in [6.45, 7) is 2.66. The predicted octanol–water partition coefficient (Wildman–Crippen LogP) is 5.61. The van der Waals surface area contributed by atoms with E-state index in [-0.39, 0.29) is 0 Å². The van der Waals surface area contributed by atoms with Gasteiger partial charge in [0.2, 0.25) is 0 Å². The first-order valence-electron chi connectivity index (χ1n) is 7.81. The fourth-order valence-corrected chi connectivity index (χ4v) is 2.96. The number of fused-ring (bicyclic) bond motifs is 1. The molecule has 3 aromatic rings. The lowest BCUT2D eigenvalue weighted by molar-refractivity contribution is 0.0733. The van der Waals surface area contributed by atoms with Crippen molar-refractivity contribution >= 4 is 32.7 Å². The van der Waals surface area contributed by atoms with Gasteiger partial charge in [0.05, 0.1) is 16.6 Å². The molecule has 3 rings (SSSR count). The molecule has 0 fully saturated rings. The Morgan fingerprint density at radius 2 is 1.88 bits per heavy atom. The molecule has 0 atom stereocenters. The molecule has 0 spiro atoms. The molecular weight excluding hydrogens is 368 g/mol. The van der Waals surface area contributed by atoms with Crippen molar-refractivity contribution in [3.05, 3.63) is 70.7 Å². The standard InChI is InChI=1S/C20H17BrO3/c1-2-12-23-16-8-5-7-15(13-16)20(22)24-18-11-10-14-6-3-4-9-17(14)19(18)21/h3-11,13H,2,12H2,1H3. The van der Waals surface area contributed by atoms with Crippen LogP contribution in [0.15, 0.2) is 65.1 Å². The normalized spacial score (nSPS) is 10.6. The molecule has 0 aromatic heterocycles. The smallest absolute Gasteiger partial charge is 0.343 e. The van der Waals surface area contributed by atoms with Crippen LogP contribution in [-0.4, -0.2) is 12.6 Å². The fraction of sp³-hybridized carbons (Fsp3) is 0.150. The van der Waals surface area contributed by atoms with Crippen LogP contribution in [0, 0.1) is 0 Å². The lowest BCUT2D eigenvalue weighted by Gasteiger charge is -2.10. The van der Waals surface area contributed by atoms with Gasteiger partial charge < -0.3 is 9.47 Å². The highest BCUT2D eigenvalue weighted by molar-refractivity contribution is 9.10. The summed E-state index contributed by atoms with van der Waals surface area (Å²) in [5.41, 5.74) is 0.462. The SMILES string of the molecule is CCCOc1cccc(C(=O)Oc2ccc3ccccc3c2Br)c1. The van der Waals surface area contributed by atoms with E-state index in [1.165, 1.54) is 0 Å². The molecule has 0 aliphatic carbocycles. The number of carbonyl (C=O) groups is 1. The van der Waals surface area contributed by atoms with Gasteiger partial charge in [0.25, 0.3) is 0 Å². The zero-order valence-corrected chi connectivity index (χ0v) is 14.9. The van der Waals surface area contributed by atoms with E-state index in [4.69, 9.17) is 9.47 Å². The molecule has 0 unspecified atom stereocenters. The highest BCUT2D eigenvalue weighted by atomic mass is 79.9. The van der Waals surface area contributed by atoms with Gasteiger partial charge in [-0.1, -0.05) is 43.3 Å². The Hall–Kier alpha value is -2.33. The second-order valence-corrected chi connectivity index (χ2v) is 6.16. The average Bonchev–Trinajstić information content (AvgIpc) is 2.62. The minimum atomic E-state index is -0.409. The van der Waals surface area contributed by atoms with E-state index in [2.05, 4.69) is 15.9 Å². The zero-order valence-electron chi connectivity index (χ0n) is 13.3. The second kappa shape index (κ2) is 7.49. The van der Waals surface area contributed by atoms with Crippen LogP contribution in [0.2, 0.25) is 0 Å². The van der Waals surface area contributed by atoms with E-state index >= 15 is 0 Å². The van der Waals surface area contributed by atoms with E-state index in [0.717, 1.165) is 21.7 Å².